The molecule has 0 bridgehead atoms. The number of methoxy groups -OCH3 is 2. The second kappa shape index (κ2) is 8.35. The standard InChI is InChI=1S/C21H20FN3O4S/c1-27-17-7-5-14(9-23-17)24-21(30-3)25-10-12(11-25)18-15-6-4-13(22)8-16(15)29-19(18)20(26)28-2/h4-9,12H,10-11H2,1-3H3/b24-21+. The Kier molecular flexibility index (Phi) is 5.63. The number of likely N-dealkylation sites (tertiary alicyclic amines) is 1. The number of aromatic nitrogens is 1. The van der Waals surface area contributed by atoms with Gasteiger partial charge in [-0.15, -0.1) is 0 Å². The molecule has 1 saturated heterocycles. The minimum atomic E-state index is -0.567. The van der Waals surface area contributed by atoms with Gasteiger partial charge >= 0.3 is 5.97 Å². The predicted molar refractivity (Wildman–Crippen MR) is 113 cm³/mol. The fourth-order valence-electron chi connectivity index (χ4n) is 3.47. The molecule has 7 nitrogen and oxygen atoms in total. The molecule has 3 aromatic rings. The predicted octanol–water partition coefficient (Wildman–Crippen LogP) is 4.21. The van der Waals surface area contributed by atoms with E-state index in [1.54, 1.807) is 25.4 Å². The highest BCUT2D eigenvalue weighted by atomic mass is 32.2. The van der Waals surface area contributed by atoms with Gasteiger partial charge in [0.1, 0.15) is 11.4 Å². The van der Waals surface area contributed by atoms with Crippen LogP contribution in [-0.2, 0) is 4.74 Å². The Morgan fingerprint density at radius 3 is 2.73 bits per heavy atom. The second-order valence-corrected chi connectivity index (χ2v) is 7.51. The minimum Gasteiger partial charge on any atom is -0.481 e. The summed E-state index contributed by atoms with van der Waals surface area (Å²) in [4.78, 5) is 23.2. The van der Waals surface area contributed by atoms with Crippen LogP contribution in [0.15, 0.2) is 45.9 Å². The summed E-state index contributed by atoms with van der Waals surface area (Å²) < 4.78 is 29.2. The molecule has 0 aliphatic carbocycles. The van der Waals surface area contributed by atoms with E-state index in [-0.39, 0.29) is 11.7 Å². The lowest BCUT2D eigenvalue weighted by Crippen LogP contribution is -2.47. The van der Waals surface area contributed by atoms with Crippen LogP contribution in [0.25, 0.3) is 11.0 Å². The zero-order valence-electron chi connectivity index (χ0n) is 16.7. The van der Waals surface area contributed by atoms with E-state index >= 15 is 0 Å². The largest absolute Gasteiger partial charge is 0.481 e. The number of carbonyl (C=O) groups is 1. The molecule has 2 aromatic heterocycles. The molecule has 0 spiro atoms. The molecule has 3 heterocycles. The van der Waals surface area contributed by atoms with Gasteiger partial charge in [0, 0.05) is 42.1 Å². The van der Waals surface area contributed by atoms with Crippen LogP contribution in [-0.4, -0.2) is 54.6 Å². The molecule has 0 amide bonds. The number of hydrogen-bond acceptors (Lipinski definition) is 7. The summed E-state index contributed by atoms with van der Waals surface area (Å²) >= 11 is 1.53. The van der Waals surface area contributed by atoms with E-state index in [2.05, 4.69) is 14.9 Å². The summed E-state index contributed by atoms with van der Waals surface area (Å²) in [6.45, 7) is 1.30. The average molecular weight is 429 g/mol. The molecule has 1 aromatic carbocycles. The number of thioether (sulfide) groups is 1. The monoisotopic (exact) mass is 429 g/mol. The number of amidine groups is 1. The summed E-state index contributed by atoms with van der Waals surface area (Å²) in [7, 11) is 2.86. The molecular formula is C21H20FN3O4S. The first-order chi connectivity index (χ1) is 14.5. The number of furan rings is 1. The second-order valence-electron chi connectivity index (χ2n) is 6.74. The van der Waals surface area contributed by atoms with Crippen LogP contribution in [0.5, 0.6) is 5.88 Å². The number of hydrogen-bond donors (Lipinski definition) is 0. The van der Waals surface area contributed by atoms with Crippen molar-refractivity contribution >= 4 is 39.6 Å². The van der Waals surface area contributed by atoms with Crippen molar-refractivity contribution in [2.45, 2.75) is 5.92 Å². The Morgan fingerprint density at radius 1 is 1.30 bits per heavy atom. The smallest absolute Gasteiger partial charge is 0.374 e. The van der Waals surface area contributed by atoms with Crippen LogP contribution in [0.3, 0.4) is 0 Å². The summed E-state index contributed by atoms with van der Waals surface area (Å²) in [5.74, 6) is -0.286. The number of aliphatic imine (C=N–C) groups is 1. The first-order valence-corrected chi connectivity index (χ1v) is 10.4. The van der Waals surface area contributed by atoms with Crippen molar-refractivity contribution in [1.29, 1.82) is 0 Å². The molecule has 156 valence electrons. The number of ether oxygens (including phenoxy) is 2. The number of fused-ring (bicyclic) bond motifs is 1. The van der Waals surface area contributed by atoms with Crippen molar-refractivity contribution in [1.82, 2.24) is 9.88 Å². The number of rotatable bonds is 4. The number of nitrogens with zero attached hydrogens (tertiary/aromatic N) is 3. The molecule has 0 radical (unpaired) electrons. The van der Waals surface area contributed by atoms with Crippen molar-refractivity contribution in [3.8, 4) is 5.88 Å². The SMILES string of the molecule is COC(=O)c1oc2cc(F)ccc2c1C1CN(/C(=N\c2ccc(OC)nc2)SC)C1. The van der Waals surface area contributed by atoms with E-state index in [0.29, 0.717) is 24.6 Å². The molecule has 30 heavy (non-hydrogen) atoms. The van der Waals surface area contributed by atoms with Crippen molar-refractivity contribution < 1.29 is 23.1 Å². The Hall–Kier alpha value is -3.07. The third-order valence-electron chi connectivity index (χ3n) is 4.96. The maximum atomic E-state index is 13.6. The van der Waals surface area contributed by atoms with Crippen molar-refractivity contribution in [2.75, 3.05) is 33.6 Å². The molecule has 4 rings (SSSR count). The van der Waals surface area contributed by atoms with E-state index in [4.69, 9.17) is 13.9 Å². The lowest BCUT2D eigenvalue weighted by Gasteiger charge is -2.40. The Morgan fingerprint density at radius 2 is 2.10 bits per heavy atom. The van der Waals surface area contributed by atoms with Gasteiger partial charge < -0.3 is 18.8 Å². The highest BCUT2D eigenvalue weighted by Crippen LogP contribution is 2.38. The van der Waals surface area contributed by atoms with Crippen LogP contribution in [0.1, 0.15) is 22.0 Å². The van der Waals surface area contributed by atoms with Gasteiger partial charge in [-0.25, -0.2) is 19.2 Å². The molecule has 1 aliphatic heterocycles. The number of halogens is 1. The molecule has 0 atom stereocenters. The first-order valence-electron chi connectivity index (χ1n) is 9.22. The Bertz CT molecular complexity index is 1110. The summed E-state index contributed by atoms with van der Waals surface area (Å²) in [6, 6.07) is 7.89. The van der Waals surface area contributed by atoms with E-state index in [1.807, 2.05) is 12.3 Å². The fraction of sp³-hybridized carbons (Fsp3) is 0.286. The van der Waals surface area contributed by atoms with Gasteiger partial charge in [-0.3, -0.25) is 0 Å². The fourth-order valence-corrected chi connectivity index (χ4v) is 4.08. The topological polar surface area (TPSA) is 77.2 Å². The molecule has 1 fully saturated rings. The van der Waals surface area contributed by atoms with Crippen LogP contribution in [0.2, 0.25) is 0 Å². The van der Waals surface area contributed by atoms with Crippen molar-refractivity contribution in [3.05, 3.63) is 53.7 Å². The molecular weight excluding hydrogens is 409 g/mol. The minimum absolute atomic E-state index is 0.0390. The zero-order chi connectivity index (χ0) is 21.3. The number of esters is 1. The third-order valence-corrected chi connectivity index (χ3v) is 5.67. The maximum Gasteiger partial charge on any atom is 0.374 e. The average Bonchev–Trinajstić information content (AvgIpc) is 3.10. The highest BCUT2D eigenvalue weighted by Gasteiger charge is 2.36. The molecule has 9 heteroatoms. The molecule has 0 saturated carbocycles. The van der Waals surface area contributed by atoms with Crippen LogP contribution < -0.4 is 4.74 Å². The quantitative estimate of drug-likeness (QED) is 0.349. The van der Waals surface area contributed by atoms with Crippen molar-refractivity contribution in [2.24, 2.45) is 4.99 Å². The summed E-state index contributed by atoms with van der Waals surface area (Å²) in [5.41, 5.74) is 1.81. The number of carbonyl (C=O) groups excluding carboxylic acids is 1. The summed E-state index contributed by atoms with van der Waals surface area (Å²) in [5, 5.41) is 1.57. The molecule has 1 aliphatic rings. The zero-order valence-corrected chi connectivity index (χ0v) is 17.5. The van der Waals surface area contributed by atoms with Gasteiger partial charge in [0.25, 0.3) is 0 Å². The maximum absolute atomic E-state index is 13.6. The normalized spacial score (nSPS) is 14.7. The summed E-state index contributed by atoms with van der Waals surface area (Å²) in [6.07, 6.45) is 3.61. The van der Waals surface area contributed by atoms with Crippen LogP contribution >= 0.6 is 11.8 Å². The number of benzene rings is 1. The molecule has 0 unspecified atom stereocenters. The van der Waals surface area contributed by atoms with Gasteiger partial charge in [-0.2, -0.15) is 0 Å². The Labute approximate surface area is 176 Å². The van der Waals surface area contributed by atoms with Gasteiger partial charge in [0.2, 0.25) is 11.6 Å². The lowest BCUT2D eigenvalue weighted by molar-refractivity contribution is 0.0563. The van der Waals surface area contributed by atoms with E-state index in [1.165, 1.54) is 31.0 Å². The number of pyridine rings is 1. The van der Waals surface area contributed by atoms with Gasteiger partial charge in [-0.1, -0.05) is 11.8 Å². The van der Waals surface area contributed by atoms with E-state index in [9.17, 15) is 9.18 Å². The molecule has 0 N–H and O–H groups in total. The van der Waals surface area contributed by atoms with E-state index < -0.39 is 11.8 Å². The van der Waals surface area contributed by atoms with Gasteiger partial charge in [0.05, 0.1) is 26.1 Å². The van der Waals surface area contributed by atoms with Gasteiger partial charge in [0.15, 0.2) is 5.17 Å². The van der Waals surface area contributed by atoms with Gasteiger partial charge in [-0.05, 0) is 24.5 Å². The van der Waals surface area contributed by atoms with E-state index in [0.717, 1.165) is 21.8 Å². The Balaban J connectivity index is 1.59. The first kappa shape index (κ1) is 20.2. The van der Waals surface area contributed by atoms with Crippen LogP contribution in [0.4, 0.5) is 10.1 Å². The third kappa shape index (κ3) is 3.72. The van der Waals surface area contributed by atoms with Crippen LogP contribution in [0, 0.1) is 5.82 Å². The lowest BCUT2D eigenvalue weighted by atomic mass is 9.89. The highest BCUT2D eigenvalue weighted by molar-refractivity contribution is 8.13. The van der Waals surface area contributed by atoms with Crippen molar-refractivity contribution in [3.63, 3.8) is 0 Å².